The first-order chi connectivity index (χ1) is 8.67. The van der Waals surface area contributed by atoms with E-state index in [0.717, 1.165) is 5.56 Å². The number of aliphatic imine (C=N–C) groups is 1. The standard InChI is InChI=1S/C12H12ClN3OS/c1-17-11-7-9(4-5-10(11)13)3-2-6-15-12(18)16-8-14/h2-5,7H,6H2,1H3,(H2,15,16,18). The van der Waals surface area contributed by atoms with E-state index in [1.807, 2.05) is 24.3 Å². The number of amidine groups is 1. The molecule has 0 amide bonds. The minimum Gasteiger partial charge on any atom is -0.495 e. The lowest BCUT2D eigenvalue weighted by Gasteiger charge is -2.03. The average Bonchev–Trinajstić information content (AvgIpc) is 2.37. The van der Waals surface area contributed by atoms with Crippen molar-refractivity contribution < 1.29 is 4.74 Å². The zero-order valence-electron chi connectivity index (χ0n) is 9.72. The van der Waals surface area contributed by atoms with Gasteiger partial charge in [0.15, 0.2) is 5.17 Å². The summed E-state index contributed by atoms with van der Waals surface area (Å²) in [5.74, 6) is 0.632. The van der Waals surface area contributed by atoms with Crippen LogP contribution in [0, 0.1) is 11.5 Å². The van der Waals surface area contributed by atoms with Gasteiger partial charge in [-0.3, -0.25) is 0 Å². The quantitative estimate of drug-likeness (QED) is 0.386. The molecule has 0 aromatic heterocycles. The summed E-state index contributed by atoms with van der Waals surface area (Å²) in [4.78, 5) is 3.41. The number of methoxy groups -OCH3 is 1. The molecule has 0 saturated heterocycles. The highest BCUT2D eigenvalue weighted by Gasteiger charge is 1.99. The molecular weight excluding hydrogens is 270 g/mol. The van der Waals surface area contributed by atoms with Gasteiger partial charge < -0.3 is 10.1 Å². The molecule has 1 rings (SSSR count). The fourth-order valence-corrected chi connectivity index (χ4v) is 1.54. The van der Waals surface area contributed by atoms with Crippen molar-refractivity contribution in [1.29, 1.82) is 5.26 Å². The zero-order chi connectivity index (χ0) is 13.4. The Kier molecular flexibility index (Phi) is 6.12. The van der Waals surface area contributed by atoms with Gasteiger partial charge in [-0.25, -0.2) is 0 Å². The Morgan fingerprint density at radius 1 is 1.67 bits per heavy atom. The van der Waals surface area contributed by atoms with E-state index in [1.165, 1.54) is 0 Å². The van der Waals surface area contributed by atoms with Crippen LogP contribution in [0.5, 0.6) is 5.75 Å². The maximum Gasteiger partial charge on any atom is 0.208 e. The molecule has 94 valence electrons. The molecule has 1 aromatic carbocycles. The second kappa shape index (κ2) is 7.64. The number of hydrogen-bond donors (Lipinski definition) is 2. The number of ether oxygens (including phenoxy) is 1. The second-order valence-corrected chi connectivity index (χ2v) is 4.04. The number of thiol groups is 1. The summed E-state index contributed by atoms with van der Waals surface area (Å²) in [5, 5.41) is 12.0. The Balaban J connectivity index is 2.58. The first-order valence-corrected chi connectivity index (χ1v) is 5.89. The van der Waals surface area contributed by atoms with Crippen LogP contribution in [0.3, 0.4) is 0 Å². The Labute approximate surface area is 116 Å². The van der Waals surface area contributed by atoms with Gasteiger partial charge in [0.1, 0.15) is 5.75 Å². The topological polar surface area (TPSA) is 57.4 Å². The van der Waals surface area contributed by atoms with Crippen LogP contribution in [0.25, 0.3) is 6.08 Å². The van der Waals surface area contributed by atoms with Crippen LogP contribution >= 0.6 is 24.2 Å². The van der Waals surface area contributed by atoms with Crippen molar-refractivity contribution in [3.8, 4) is 11.9 Å². The molecule has 1 N–H and O–H groups in total. The number of nitrogens with one attached hydrogen (secondary N) is 1. The molecule has 0 heterocycles. The molecule has 6 heteroatoms. The Morgan fingerprint density at radius 2 is 2.44 bits per heavy atom. The van der Waals surface area contributed by atoms with Gasteiger partial charge in [0, 0.05) is 6.54 Å². The molecule has 0 aliphatic carbocycles. The van der Waals surface area contributed by atoms with E-state index in [9.17, 15) is 0 Å². The second-order valence-electron chi connectivity index (χ2n) is 3.21. The number of halogens is 1. The third kappa shape index (κ3) is 4.70. The molecule has 0 unspecified atom stereocenters. The molecule has 0 saturated carbocycles. The van der Waals surface area contributed by atoms with Crippen molar-refractivity contribution >= 4 is 35.5 Å². The Hall–Kier alpha value is -1.64. The van der Waals surface area contributed by atoms with Crippen LogP contribution in [-0.2, 0) is 0 Å². The van der Waals surface area contributed by atoms with Gasteiger partial charge in [0.2, 0.25) is 6.19 Å². The minimum atomic E-state index is 0.288. The van der Waals surface area contributed by atoms with Gasteiger partial charge in [-0.1, -0.05) is 29.8 Å². The number of nitriles is 1. The van der Waals surface area contributed by atoms with Crippen LogP contribution in [-0.4, -0.2) is 18.8 Å². The molecule has 4 nitrogen and oxygen atoms in total. The number of nitrogens with zero attached hydrogens (tertiary/aromatic N) is 2. The third-order valence-electron chi connectivity index (χ3n) is 2.02. The zero-order valence-corrected chi connectivity index (χ0v) is 11.4. The van der Waals surface area contributed by atoms with Gasteiger partial charge in [-0.05, 0) is 17.7 Å². The highest BCUT2D eigenvalue weighted by Crippen LogP contribution is 2.25. The van der Waals surface area contributed by atoms with Gasteiger partial charge in [-0.2, -0.15) is 5.26 Å². The Morgan fingerprint density at radius 3 is 3.11 bits per heavy atom. The van der Waals surface area contributed by atoms with Crippen LogP contribution in [0.1, 0.15) is 5.56 Å². The molecule has 18 heavy (non-hydrogen) atoms. The van der Waals surface area contributed by atoms with Crippen molar-refractivity contribution in [1.82, 2.24) is 5.32 Å². The molecular formula is C12H12ClN3OS. The van der Waals surface area contributed by atoms with Crippen LogP contribution in [0.4, 0.5) is 0 Å². The third-order valence-corrected chi connectivity index (χ3v) is 2.59. The number of rotatable bonds is 4. The first-order valence-electron chi connectivity index (χ1n) is 5.07. The van der Waals surface area contributed by atoms with E-state index in [2.05, 4.69) is 22.9 Å². The van der Waals surface area contributed by atoms with Crippen molar-refractivity contribution in [3.05, 3.63) is 34.9 Å². The van der Waals surface area contributed by atoms with Crippen molar-refractivity contribution in [2.24, 2.45) is 4.99 Å². The van der Waals surface area contributed by atoms with Gasteiger partial charge >= 0.3 is 0 Å². The fraction of sp³-hybridized carbons (Fsp3) is 0.167. The molecule has 0 fully saturated rings. The van der Waals surface area contributed by atoms with Gasteiger partial charge in [0.25, 0.3) is 0 Å². The van der Waals surface area contributed by atoms with Crippen LogP contribution in [0.2, 0.25) is 5.02 Å². The largest absolute Gasteiger partial charge is 0.495 e. The average molecular weight is 282 g/mol. The maximum atomic E-state index is 8.28. The lowest BCUT2D eigenvalue weighted by molar-refractivity contribution is 0.415. The minimum absolute atomic E-state index is 0.288. The van der Waals surface area contributed by atoms with Crippen molar-refractivity contribution in [3.63, 3.8) is 0 Å². The smallest absolute Gasteiger partial charge is 0.208 e. The van der Waals surface area contributed by atoms with Crippen molar-refractivity contribution in [2.45, 2.75) is 0 Å². The normalized spacial score (nSPS) is 11.3. The molecule has 1 aromatic rings. The summed E-state index contributed by atoms with van der Waals surface area (Å²) >= 11 is 9.88. The van der Waals surface area contributed by atoms with E-state index >= 15 is 0 Å². The van der Waals surface area contributed by atoms with E-state index in [-0.39, 0.29) is 5.17 Å². The van der Waals surface area contributed by atoms with Gasteiger partial charge in [-0.15, -0.1) is 17.6 Å². The number of hydrogen-bond acceptors (Lipinski definition) is 3. The lowest BCUT2D eigenvalue weighted by Crippen LogP contribution is -2.17. The molecule has 0 bridgehead atoms. The van der Waals surface area contributed by atoms with E-state index in [4.69, 9.17) is 21.6 Å². The van der Waals surface area contributed by atoms with Crippen LogP contribution in [0.15, 0.2) is 29.3 Å². The summed E-state index contributed by atoms with van der Waals surface area (Å²) in [6, 6.07) is 5.49. The first kappa shape index (κ1) is 14.4. The van der Waals surface area contributed by atoms with E-state index in [0.29, 0.717) is 17.3 Å². The van der Waals surface area contributed by atoms with E-state index in [1.54, 1.807) is 19.4 Å². The van der Waals surface area contributed by atoms with Crippen LogP contribution < -0.4 is 10.1 Å². The highest BCUT2D eigenvalue weighted by atomic mass is 35.5. The molecule has 0 spiro atoms. The predicted octanol–water partition coefficient (Wildman–Crippen LogP) is 2.72. The molecule has 0 aliphatic heterocycles. The SMILES string of the molecule is COc1cc(C=CCNC(S)=NC#N)ccc1Cl. The summed E-state index contributed by atoms with van der Waals surface area (Å²) in [7, 11) is 1.57. The van der Waals surface area contributed by atoms with Gasteiger partial charge in [0.05, 0.1) is 12.1 Å². The molecule has 0 atom stereocenters. The maximum absolute atomic E-state index is 8.28. The summed E-state index contributed by atoms with van der Waals surface area (Å²) in [5.41, 5.74) is 0.969. The van der Waals surface area contributed by atoms with Crippen molar-refractivity contribution in [2.75, 3.05) is 13.7 Å². The fourth-order valence-electron chi connectivity index (χ4n) is 1.21. The predicted molar refractivity (Wildman–Crippen MR) is 77.1 cm³/mol. The summed E-state index contributed by atoms with van der Waals surface area (Å²) < 4.78 is 5.11. The molecule has 0 radical (unpaired) electrons. The lowest BCUT2D eigenvalue weighted by atomic mass is 10.2. The summed E-state index contributed by atoms with van der Waals surface area (Å²) in [6.45, 7) is 0.523. The number of benzene rings is 1. The van der Waals surface area contributed by atoms with E-state index < -0.39 is 0 Å². The summed E-state index contributed by atoms with van der Waals surface area (Å²) in [6.07, 6.45) is 5.42. The Bertz CT molecular complexity index is 509. The molecule has 0 aliphatic rings. The monoisotopic (exact) mass is 281 g/mol. The highest BCUT2D eigenvalue weighted by molar-refractivity contribution is 7.96.